The van der Waals surface area contributed by atoms with Gasteiger partial charge in [0.2, 0.25) is 0 Å². The summed E-state index contributed by atoms with van der Waals surface area (Å²) in [5.74, 6) is 0.940. The highest BCUT2D eigenvalue weighted by Gasteiger charge is 2.17. The minimum Gasteiger partial charge on any atom is -0.497 e. The van der Waals surface area contributed by atoms with E-state index in [1.807, 2.05) is 0 Å². The van der Waals surface area contributed by atoms with Gasteiger partial charge in [0, 0.05) is 6.61 Å². The standard InChI is InChI=1S/C13H23F2NO2/c1-2-7-16-11(6-9-17-10-13(14)15)12-5-3-4-8-18-12/h5,11,13,16H,2-4,6-10H2,1H3. The molecule has 0 radical (unpaired) electrons. The molecule has 0 aromatic carbocycles. The molecule has 18 heavy (non-hydrogen) atoms. The summed E-state index contributed by atoms with van der Waals surface area (Å²) in [7, 11) is 0. The number of nitrogens with one attached hydrogen (secondary N) is 1. The number of allylic oxidation sites excluding steroid dienone is 1. The molecule has 1 heterocycles. The van der Waals surface area contributed by atoms with Crippen molar-refractivity contribution in [3.8, 4) is 0 Å². The number of hydrogen-bond donors (Lipinski definition) is 1. The summed E-state index contributed by atoms with van der Waals surface area (Å²) >= 11 is 0. The molecule has 1 aliphatic rings. The SMILES string of the molecule is CCCNC(CCOCC(F)F)C1=CCCCO1. The molecule has 1 atom stereocenters. The average molecular weight is 263 g/mol. The number of ether oxygens (including phenoxy) is 2. The predicted octanol–water partition coefficient (Wildman–Crippen LogP) is 2.72. The van der Waals surface area contributed by atoms with Crippen LogP contribution in [-0.4, -0.2) is 38.8 Å². The van der Waals surface area contributed by atoms with E-state index in [-0.39, 0.29) is 6.04 Å². The van der Waals surface area contributed by atoms with Gasteiger partial charge in [-0.15, -0.1) is 0 Å². The molecule has 1 aliphatic heterocycles. The summed E-state index contributed by atoms with van der Waals surface area (Å²) in [6.07, 6.45) is 3.46. The summed E-state index contributed by atoms with van der Waals surface area (Å²) in [5.41, 5.74) is 0. The van der Waals surface area contributed by atoms with Crippen LogP contribution in [0.25, 0.3) is 0 Å². The van der Waals surface area contributed by atoms with E-state index in [0.29, 0.717) is 13.0 Å². The lowest BCUT2D eigenvalue weighted by Gasteiger charge is -2.24. The largest absolute Gasteiger partial charge is 0.497 e. The number of rotatable bonds is 9. The highest BCUT2D eigenvalue weighted by atomic mass is 19.3. The average Bonchev–Trinajstić information content (AvgIpc) is 2.38. The zero-order valence-corrected chi connectivity index (χ0v) is 11.0. The lowest BCUT2D eigenvalue weighted by atomic mass is 10.1. The molecular formula is C13H23F2NO2. The Balaban J connectivity index is 2.32. The number of alkyl halides is 2. The Hall–Kier alpha value is -0.680. The molecule has 0 saturated carbocycles. The monoisotopic (exact) mass is 263 g/mol. The van der Waals surface area contributed by atoms with Crippen molar-refractivity contribution in [2.45, 2.75) is 45.1 Å². The smallest absolute Gasteiger partial charge is 0.261 e. The van der Waals surface area contributed by atoms with Gasteiger partial charge >= 0.3 is 0 Å². The highest BCUT2D eigenvalue weighted by molar-refractivity contribution is 5.05. The Bertz CT molecular complexity index is 247. The molecule has 3 nitrogen and oxygen atoms in total. The van der Waals surface area contributed by atoms with Crippen molar-refractivity contribution in [3.63, 3.8) is 0 Å². The maximum atomic E-state index is 11.9. The van der Waals surface area contributed by atoms with Crippen LogP contribution in [0.1, 0.15) is 32.6 Å². The van der Waals surface area contributed by atoms with Crippen LogP contribution in [0.2, 0.25) is 0 Å². The highest BCUT2D eigenvalue weighted by Crippen LogP contribution is 2.16. The molecular weight excluding hydrogens is 240 g/mol. The zero-order chi connectivity index (χ0) is 13.2. The van der Waals surface area contributed by atoms with Crippen molar-refractivity contribution in [2.75, 3.05) is 26.4 Å². The van der Waals surface area contributed by atoms with Crippen LogP contribution in [0.5, 0.6) is 0 Å². The number of hydrogen-bond acceptors (Lipinski definition) is 3. The van der Waals surface area contributed by atoms with E-state index in [1.54, 1.807) is 0 Å². The topological polar surface area (TPSA) is 30.5 Å². The van der Waals surface area contributed by atoms with E-state index < -0.39 is 13.0 Å². The fourth-order valence-corrected chi connectivity index (χ4v) is 1.86. The zero-order valence-electron chi connectivity index (χ0n) is 11.0. The van der Waals surface area contributed by atoms with Crippen molar-refractivity contribution in [1.29, 1.82) is 0 Å². The molecule has 5 heteroatoms. The minimum absolute atomic E-state index is 0.0860. The normalized spacial score (nSPS) is 17.4. The van der Waals surface area contributed by atoms with Crippen molar-refractivity contribution < 1.29 is 18.3 Å². The molecule has 0 aromatic heterocycles. The molecule has 0 aromatic rings. The van der Waals surface area contributed by atoms with Crippen LogP contribution in [0.4, 0.5) is 8.78 Å². The Morgan fingerprint density at radius 2 is 2.33 bits per heavy atom. The third kappa shape index (κ3) is 6.31. The van der Waals surface area contributed by atoms with E-state index in [4.69, 9.17) is 9.47 Å². The summed E-state index contributed by atoms with van der Waals surface area (Å²) in [6, 6.07) is 0.0860. The van der Waals surface area contributed by atoms with Crippen molar-refractivity contribution in [1.82, 2.24) is 5.32 Å². The van der Waals surface area contributed by atoms with Crippen LogP contribution < -0.4 is 5.32 Å². The molecule has 106 valence electrons. The Morgan fingerprint density at radius 3 is 2.94 bits per heavy atom. The first-order valence-corrected chi connectivity index (χ1v) is 6.66. The van der Waals surface area contributed by atoms with Gasteiger partial charge in [0.05, 0.1) is 12.6 Å². The van der Waals surface area contributed by atoms with Gasteiger partial charge in [0.1, 0.15) is 12.4 Å². The van der Waals surface area contributed by atoms with Gasteiger partial charge in [0.25, 0.3) is 6.43 Å². The predicted molar refractivity (Wildman–Crippen MR) is 66.8 cm³/mol. The van der Waals surface area contributed by atoms with Gasteiger partial charge in [-0.05, 0) is 38.3 Å². The van der Waals surface area contributed by atoms with E-state index in [2.05, 4.69) is 18.3 Å². The first kappa shape index (κ1) is 15.4. The second kappa shape index (κ2) is 9.28. The molecule has 1 N–H and O–H groups in total. The van der Waals surface area contributed by atoms with Crippen LogP contribution in [0.3, 0.4) is 0 Å². The van der Waals surface area contributed by atoms with Gasteiger partial charge in [-0.3, -0.25) is 0 Å². The van der Waals surface area contributed by atoms with E-state index >= 15 is 0 Å². The summed E-state index contributed by atoms with van der Waals surface area (Å²) < 4.78 is 34.4. The van der Waals surface area contributed by atoms with Crippen LogP contribution >= 0.6 is 0 Å². The van der Waals surface area contributed by atoms with Crippen molar-refractivity contribution in [2.24, 2.45) is 0 Å². The minimum atomic E-state index is -2.39. The van der Waals surface area contributed by atoms with Gasteiger partial charge in [-0.1, -0.05) is 6.92 Å². The Labute approximate surface area is 108 Å². The maximum Gasteiger partial charge on any atom is 0.261 e. The molecule has 0 amide bonds. The second-order valence-corrected chi connectivity index (χ2v) is 4.36. The summed E-state index contributed by atoms with van der Waals surface area (Å²) in [6.45, 7) is 3.56. The van der Waals surface area contributed by atoms with Crippen LogP contribution in [0.15, 0.2) is 11.8 Å². The number of halogens is 2. The van der Waals surface area contributed by atoms with E-state index in [1.165, 1.54) is 0 Å². The fourth-order valence-electron chi connectivity index (χ4n) is 1.86. The van der Waals surface area contributed by atoms with Gasteiger partial charge in [0.15, 0.2) is 0 Å². The van der Waals surface area contributed by atoms with Crippen LogP contribution in [-0.2, 0) is 9.47 Å². The van der Waals surface area contributed by atoms with Crippen molar-refractivity contribution >= 4 is 0 Å². The van der Waals surface area contributed by atoms with E-state index in [9.17, 15) is 8.78 Å². The Morgan fingerprint density at radius 1 is 1.50 bits per heavy atom. The molecule has 1 unspecified atom stereocenters. The Kier molecular flexibility index (Phi) is 7.93. The van der Waals surface area contributed by atoms with Gasteiger partial charge in [-0.2, -0.15) is 0 Å². The van der Waals surface area contributed by atoms with Gasteiger partial charge in [-0.25, -0.2) is 8.78 Å². The second-order valence-electron chi connectivity index (χ2n) is 4.36. The van der Waals surface area contributed by atoms with Gasteiger partial charge < -0.3 is 14.8 Å². The molecule has 0 fully saturated rings. The molecule has 0 spiro atoms. The third-order valence-corrected chi connectivity index (χ3v) is 2.74. The quantitative estimate of drug-likeness (QED) is 0.649. The maximum absolute atomic E-state index is 11.9. The fraction of sp³-hybridized carbons (Fsp3) is 0.846. The lowest BCUT2D eigenvalue weighted by molar-refractivity contribution is 0.0134. The van der Waals surface area contributed by atoms with Crippen molar-refractivity contribution in [3.05, 3.63) is 11.8 Å². The molecule has 0 saturated heterocycles. The van der Waals surface area contributed by atoms with E-state index in [0.717, 1.165) is 38.2 Å². The summed E-state index contributed by atoms with van der Waals surface area (Å²) in [5, 5.41) is 3.37. The third-order valence-electron chi connectivity index (χ3n) is 2.74. The van der Waals surface area contributed by atoms with Crippen LogP contribution in [0, 0.1) is 0 Å². The first-order chi connectivity index (χ1) is 8.74. The first-order valence-electron chi connectivity index (χ1n) is 6.66. The summed E-state index contributed by atoms with van der Waals surface area (Å²) in [4.78, 5) is 0. The molecule has 0 aliphatic carbocycles. The lowest BCUT2D eigenvalue weighted by Crippen LogP contribution is -2.34. The molecule has 1 rings (SSSR count). The molecule has 0 bridgehead atoms.